The van der Waals surface area contributed by atoms with E-state index in [9.17, 15) is 14.0 Å². The minimum Gasteiger partial charge on any atom is -0.483 e. The van der Waals surface area contributed by atoms with E-state index in [2.05, 4.69) is 0 Å². The van der Waals surface area contributed by atoms with Crippen molar-refractivity contribution in [2.75, 3.05) is 6.61 Å². The van der Waals surface area contributed by atoms with Crippen LogP contribution in [0.1, 0.15) is 30.6 Å². The van der Waals surface area contributed by atoms with Gasteiger partial charge >= 0.3 is 0 Å². The van der Waals surface area contributed by atoms with Gasteiger partial charge in [0.25, 0.3) is 0 Å². The molecule has 1 atom stereocenters. The van der Waals surface area contributed by atoms with E-state index in [4.69, 9.17) is 4.74 Å². The second-order valence-electron chi connectivity index (χ2n) is 3.87. The largest absolute Gasteiger partial charge is 0.483 e. The summed E-state index contributed by atoms with van der Waals surface area (Å²) in [4.78, 5) is 21.9. The third-order valence-electron chi connectivity index (χ3n) is 2.62. The molecule has 0 saturated carbocycles. The van der Waals surface area contributed by atoms with E-state index >= 15 is 0 Å². The predicted octanol–water partition coefficient (Wildman–Crippen LogP) is 2.63. The summed E-state index contributed by atoms with van der Waals surface area (Å²) >= 11 is 0. The number of halogens is 1. The molecular weight excluding hydrogens is 223 g/mol. The smallest absolute Gasteiger partial charge is 0.172 e. The monoisotopic (exact) mass is 238 g/mol. The molecule has 0 amide bonds. The SMILES string of the molecule is CCC(C)C(=O)COc1ccc(C=O)cc1F. The molecule has 0 aromatic heterocycles. The van der Waals surface area contributed by atoms with Crippen LogP contribution in [0.5, 0.6) is 5.75 Å². The number of carbonyl (C=O) groups is 2. The van der Waals surface area contributed by atoms with Gasteiger partial charge < -0.3 is 4.74 Å². The zero-order valence-electron chi connectivity index (χ0n) is 9.90. The number of ketones is 1. The summed E-state index contributed by atoms with van der Waals surface area (Å²) in [5, 5.41) is 0. The molecule has 0 fully saturated rings. The second-order valence-corrected chi connectivity index (χ2v) is 3.87. The minimum absolute atomic E-state index is 0.00717. The molecule has 4 heteroatoms. The molecule has 1 rings (SSSR count). The van der Waals surface area contributed by atoms with E-state index in [1.807, 2.05) is 6.92 Å². The molecule has 0 aliphatic heterocycles. The van der Waals surface area contributed by atoms with E-state index in [1.54, 1.807) is 6.92 Å². The van der Waals surface area contributed by atoms with Crippen molar-refractivity contribution in [2.45, 2.75) is 20.3 Å². The highest BCUT2D eigenvalue weighted by Gasteiger charge is 2.12. The predicted molar refractivity (Wildman–Crippen MR) is 61.7 cm³/mol. The summed E-state index contributed by atoms with van der Waals surface area (Å²) in [7, 11) is 0. The molecule has 1 unspecified atom stereocenters. The average molecular weight is 238 g/mol. The van der Waals surface area contributed by atoms with Gasteiger partial charge in [-0.3, -0.25) is 9.59 Å². The molecule has 0 bridgehead atoms. The fourth-order valence-corrected chi connectivity index (χ4v) is 1.23. The Hall–Kier alpha value is -1.71. The number of Topliss-reactive ketones (excluding diaryl/α,β-unsaturated/α-hetero) is 1. The molecule has 3 nitrogen and oxygen atoms in total. The Kier molecular flexibility index (Phi) is 4.82. The maximum absolute atomic E-state index is 13.4. The first kappa shape index (κ1) is 13.4. The average Bonchev–Trinajstić information content (AvgIpc) is 2.35. The normalized spacial score (nSPS) is 11.9. The molecule has 0 radical (unpaired) electrons. The summed E-state index contributed by atoms with van der Waals surface area (Å²) < 4.78 is 18.5. The minimum atomic E-state index is -0.633. The molecule has 0 heterocycles. The topological polar surface area (TPSA) is 43.4 Å². The van der Waals surface area contributed by atoms with Crippen molar-refractivity contribution < 1.29 is 18.7 Å². The summed E-state index contributed by atoms with van der Waals surface area (Å²) in [5.74, 6) is -0.794. The van der Waals surface area contributed by atoms with Crippen LogP contribution in [0.3, 0.4) is 0 Å². The second kappa shape index (κ2) is 6.13. The van der Waals surface area contributed by atoms with E-state index in [-0.39, 0.29) is 29.6 Å². The van der Waals surface area contributed by atoms with Crippen LogP contribution in [0.4, 0.5) is 4.39 Å². The van der Waals surface area contributed by atoms with Crippen molar-refractivity contribution in [1.82, 2.24) is 0 Å². The summed E-state index contributed by atoms with van der Waals surface area (Å²) in [5.41, 5.74) is 0.239. The van der Waals surface area contributed by atoms with Gasteiger partial charge in [-0.2, -0.15) is 0 Å². The lowest BCUT2D eigenvalue weighted by Crippen LogP contribution is -2.19. The van der Waals surface area contributed by atoms with E-state index in [1.165, 1.54) is 12.1 Å². The standard InChI is InChI=1S/C13H15FO3/c1-3-9(2)12(16)8-17-13-5-4-10(7-15)6-11(13)14/h4-7,9H,3,8H2,1-2H3. The van der Waals surface area contributed by atoms with Crippen LogP contribution in [0.15, 0.2) is 18.2 Å². The van der Waals surface area contributed by atoms with Crippen LogP contribution in [0, 0.1) is 11.7 Å². The zero-order chi connectivity index (χ0) is 12.8. The van der Waals surface area contributed by atoms with Gasteiger partial charge in [0.15, 0.2) is 17.3 Å². The Morgan fingerprint density at radius 3 is 2.76 bits per heavy atom. The third-order valence-corrected chi connectivity index (χ3v) is 2.62. The Labute approximate surface area is 99.6 Å². The van der Waals surface area contributed by atoms with Crippen molar-refractivity contribution in [3.63, 3.8) is 0 Å². The van der Waals surface area contributed by atoms with E-state index < -0.39 is 5.82 Å². The molecule has 0 aliphatic carbocycles. The van der Waals surface area contributed by atoms with Crippen LogP contribution in [0.2, 0.25) is 0 Å². The number of ether oxygens (including phenoxy) is 1. The highest BCUT2D eigenvalue weighted by molar-refractivity contribution is 5.82. The van der Waals surface area contributed by atoms with Crippen molar-refractivity contribution in [3.05, 3.63) is 29.6 Å². The van der Waals surface area contributed by atoms with Crippen LogP contribution < -0.4 is 4.74 Å². The van der Waals surface area contributed by atoms with Crippen LogP contribution in [-0.2, 0) is 4.79 Å². The zero-order valence-corrected chi connectivity index (χ0v) is 9.90. The molecule has 0 N–H and O–H groups in total. The number of hydrogen-bond acceptors (Lipinski definition) is 3. The fraction of sp³-hybridized carbons (Fsp3) is 0.385. The van der Waals surface area contributed by atoms with Gasteiger partial charge in [-0.1, -0.05) is 13.8 Å². The highest BCUT2D eigenvalue weighted by atomic mass is 19.1. The quantitative estimate of drug-likeness (QED) is 0.715. The summed E-state index contributed by atoms with van der Waals surface area (Å²) in [6.07, 6.45) is 1.28. The Morgan fingerprint density at radius 2 is 2.24 bits per heavy atom. The first-order valence-corrected chi connectivity index (χ1v) is 5.48. The van der Waals surface area contributed by atoms with E-state index in [0.29, 0.717) is 6.29 Å². The molecule has 0 spiro atoms. The fourth-order valence-electron chi connectivity index (χ4n) is 1.23. The van der Waals surface area contributed by atoms with Gasteiger partial charge in [0.05, 0.1) is 0 Å². The van der Waals surface area contributed by atoms with Crippen molar-refractivity contribution in [3.8, 4) is 5.75 Å². The van der Waals surface area contributed by atoms with Gasteiger partial charge in [0.1, 0.15) is 12.9 Å². The number of benzene rings is 1. The Balaban J connectivity index is 2.64. The third kappa shape index (κ3) is 3.66. The van der Waals surface area contributed by atoms with Crippen LogP contribution in [-0.4, -0.2) is 18.7 Å². The molecule has 1 aromatic rings. The number of rotatable bonds is 6. The first-order chi connectivity index (χ1) is 8.08. The molecule has 0 aliphatic rings. The maximum Gasteiger partial charge on any atom is 0.172 e. The number of hydrogen-bond donors (Lipinski definition) is 0. The Bertz CT molecular complexity index is 415. The van der Waals surface area contributed by atoms with Crippen molar-refractivity contribution >= 4 is 12.1 Å². The van der Waals surface area contributed by atoms with Gasteiger partial charge in [-0.25, -0.2) is 4.39 Å². The first-order valence-electron chi connectivity index (χ1n) is 5.48. The lowest BCUT2D eigenvalue weighted by molar-refractivity contribution is -0.124. The molecular formula is C13H15FO3. The molecule has 17 heavy (non-hydrogen) atoms. The van der Waals surface area contributed by atoms with E-state index in [0.717, 1.165) is 12.5 Å². The lowest BCUT2D eigenvalue weighted by atomic mass is 10.0. The molecule has 1 aromatic carbocycles. The number of aldehydes is 1. The van der Waals surface area contributed by atoms with Crippen molar-refractivity contribution in [2.24, 2.45) is 5.92 Å². The number of carbonyl (C=O) groups excluding carboxylic acids is 2. The summed E-state index contributed by atoms with van der Waals surface area (Å²) in [6, 6.07) is 3.87. The van der Waals surface area contributed by atoms with Crippen LogP contribution in [0.25, 0.3) is 0 Å². The van der Waals surface area contributed by atoms with Crippen molar-refractivity contribution in [1.29, 1.82) is 0 Å². The Morgan fingerprint density at radius 1 is 1.53 bits per heavy atom. The van der Waals surface area contributed by atoms with Gasteiger partial charge in [0.2, 0.25) is 0 Å². The maximum atomic E-state index is 13.4. The van der Waals surface area contributed by atoms with Gasteiger partial charge in [0, 0.05) is 11.5 Å². The lowest BCUT2D eigenvalue weighted by Gasteiger charge is -2.10. The van der Waals surface area contributed by atoms with Gasteiger partial charge in [-0.05, 0) is 24.6 Å². The molecule has 0 saturated heterocycles. The van der Waals surface area contributed by atoms with Gasteiger partial charge in [-0.15, -0.1) is 0 Å². The summed E-state index contributed by atoms with van der Waals surface area (Å²) in [6.45, 7) is 3.56. The molecule has 92 valence electrons. The van der Waals surface area contributed by atoms with Crippen LogP contribution >= 0.6 is 0 Å². The highest BCUT2D eigenvalue weighted by Crippen LogP contribution is 2.18.